The van der Waals surface area contributed by atoms with Crippen LogP contribution in [0.2, 0.25) is 0 Å². The summed E-state index contributed by atoms with van der Waals surface area (Å²) in [6.07, 6.45) is -0.0807. The van der Waals surface area contributed by atoms with Crippen molar-refractivity contribution in [1.82, 2.24) is 4.90 Å². The molecule has 0 radical (unpaired) electrons. The fourth-order valence-electron chi connectivity index (χ4n) is 3.43. The number of thioether (sulfide) groups is 1. The highest BCUT2D eigenvalue weighted by atomic mass is 32.2. The molecule has 2 aliphatic rings. The summed E-state index contributed by atoms with van der Waals surface area (Å²) in [6, 6.07) is 13.1. The van der Waals surface area contributed by atoms with Crippen molar-refractivity contribution in [1.29, 1.82) is 0 Å². The van der Waals surface area contributed by atoms with Gasteiger partial charge in [-0.2, -0.15) is 0 Å². The minimum atomic E-state index is -0.877. The second-order valence-corrected chi connectivity index (χ2v) is 7.89. The van der Waals surface area contributed by atoms with Crippen LogP contribution in [-0.4, -0.2) is 41.1 Å². The van der Waals surface area contributed by atoms with Crippen molar-refractivity contribution in [2.75, 3.05) is 17.6 Å². The normalized spacial score (nSPS) is 16.5. The van der Waals surface area contributed by atoms with E-state index in [4.69, 9.17) is 4.74 Å². The van der Waals surface area contributed by atoms with Crippen molar-refractivity contribution in [3.05, 3.63) is 59.2 Å². The van der Waals surface area contributed by atoms with Gasteiger partial charge >= 0.3 is 5.97 Å². The van der Waals surface area contributed by atoms with Crippen molar-refractivity contribution in [3.63, 3.8) is 0 Å². The molecule has 0 unspecified atom stereocenters. The summed E-state index contributed by atoms with van der Waals surface area (Å²) in [5.41, 5.74) is 3.29. The number of amides is 2. The van der Waals surface area contributed by atoms with Crippen LogP contribution in [0.4, 0.5) is 5.69 Å². The molecular formula is C21H20N2O4S. The van der Waals surface area contributed by atoms with Crippen LogP contribution in [-0.2, 0) is 27.3 Å². The lowest BCUT2D eigenvalue weighted by atomic mass is 9.99. The van der Waals surface area contributed by atoms with E-state index in [1.54, 1.807) is 30.0 Å². The number of esters is 1. The molecule has 0 saturated carbocycles. The van der Waals surface area contributed by atoms with Gasteiger partial charge in [0.2, 0.25) is 5.91 Å². The summed E-state index contributed by atoms with van der Waals surface area (Å²) in [5.74, 6) is -0.520. The third kappa shape index (κ3) is 3.75. The van der Waals surface area contributed by atoms with Gasteiger partial charge in [-0.25, -0.2) is 4.79 Å². The van der Waals surface area contributed by atoms with Crippen molar-refractivity contribution >= 4 is 35.2 Å². The van der Waals surface area contributed by atoms with Crippen LogP contribution in [0.25, 0.3) is 0 Å². The molecule has 4 rings (SSSR count). The van der Waals surface area contributed by atoms with Crippen molar-refractivity contribution in [2.45, 2.75) is 30.9 Å². The van der Waals surface area contributed by atoms with E-state index in [9.17, 15) is 14.4 Å². The molecule has 0 aliphatic carbocycles. The van der Waals surface area contributed by atoms with Crippen molar-refractivity contribution in [2.24, 2.45) is 0 Å². The Morgan fingerprint density at radius 1 is 1.18 bits per heavy atom. The van der Waals surface area contributed by atoms with E-state index in [2.05, 4.69) is 11.4 Å². The molecule has 2 aliphatic heterocycles. The molecule has 1 N–H and O–H groups in total. The Labute approximate surface area is 167 Å². The van der Waals surface area contributed by atoms with E-state index in [0.717, 1.165) is 16.9 Å². The molecule has 0 spiro atoms. The molecule has 2 amide bonds. The number of carbonyl (C=O) groups excluding carboxylic acids is 3. The number of rotatable bonds is 3. The third-order valence-electron chi connectivity index (χ3n) is 4.92. The van der Waals surface area contributed by atoms with Gasteiger partial charge in [-0.15, -0.1) is 11.8 Å². The van der Waals surface area contributed by atoms with Crippen molar-refractivity contribution < 1.29 is 19.1 Å². The highest BCUT2D eigenvalue weighted by Crippen LogP contribution is 2.32. The fourth-order valence-corrected chi connectivity index (χ4v) is 4.22. The number of carbonyl (C=O) groups is 3. The largest absolute Gasteiger partial charge is 0.449 e. The first-order valence-electron chi connectivity index (χ1n) is 9.14. The molecule has 2 heterocycles. The summed E-state index contributed by atoms with van der Waals surface area (Å²) in [6.45, 7) is 2.73. The maximum atomic E-state index is 12.7. The standard InChI is InChI=1S/C21H20N2O4S/c1-13(20(25)23-9-8-14-4-2-3-5-16(14)11-23)27-21(26)15-6-7-18-17(10-15)22-19(24)12-28-18/h2-7,10,13H,8-9,11-12H2,1H3,(H,22,24)/t13-/m1/s1. The van der Waals surface area contributed by atoms with Crippen LogP contribution >= 0.6 is 11.8 Å². The number of nitrogens with one attached hydrogen (secondary N) is 1. The monoisotopic (exact) mass is 396 g/mol. The Morgan fingerprint density at radius 2 is 1.96 bits per heavy atom. The minimum absolute atomic E-state index is 0.100. The van der Waals surface area contributed by atoms with Crippen LogP contribution in [0.1, 0.15) is 28.4 Å². The molecule has 2 aromatic carbocycles. The first kappa shape index (κ1) is 18.6. The summed E-state index contributed by atoms with van der Waals surface area (Å²) >= 11 is 1.42. The second-order valence-electron chi connectivity index (χ2n) is 6.87. The fraction of sp³-hybridized carbons (Fsp3) is 0.286. The van der Waals surface area contributed by atoms with E-state index in [-0.39, 0.29) is 11.8 Å². The van der Waals surface area contributed by atoms with Crippen molar-refractivity contribution in [3.8, 4) is 0 Å². The maximum absolute atomic E-state index is 12.7. The van der Waals surface area contributed by atoms with Crippen LogP contribution < -0.4 is 5.32 Å². The molecular weight excluding hydrogens is 376 g/mol. The van der Waals surface area contributed by atoms with E-state index in [1.165, 1.54) is 17.3 Å². The molecule has 0 saturated heterocycles. The molecule has 0 aromatic heterocycles. The third-order valence-corrected chi connectivity index (χ3v) is 6.00. The first-order chi connectivity index (χ1) is 13.5. The Balaban J connectivity index is 1.41. The summed E-state index contributed by atoms with van der Waals surface area (Å²) in [4.78, 5) is 39.4. The average molecular weight is 396 g/mol. The van der Waals surface area contributed by atoms with Gasteiger partial charge in [0.15, 0.2) is 6.10 Å². The highest BCUT2D eigenvalue weighted by Gasteiger charge is 2.27. The van der Waals surface area contributed by atoms with Gasteiger partial charge in [0.1, 0.15) is 0 Å². The zero-order valence-electron chi connectivity index (χ0n) is 15.4. The lowest BCUT2D eigenvalue weighted by molar-refractivity contribution is -0.140. The number of ether oxygens (including phenoxy) is 1. The smallest absolute Gasteiger partial charge is 0.338 e. The Kier molecular flexibility index (Phi) is 5.09. The van der Waals surface area contributed by atoms with Gasteiger partial charge in [0, 0.05) is 18.0 Å². The number of fused-ring (bicyclic) bond motifs is 2. The number of hydrogen-bond acceptors (Lipinski definition) is 5. The quantitative estimate of drug-likeness (QED) is 0.808. The first-order valence-corrected chi connectivity index (χ1v) is 10.1. The second kappa shape index (κ2) is 7.67. The predicted octanol–water partition coefficient (Wildman–Crippen LogP) is 2.86. The molecule has 144 valence electrons. The number of nitrogens with zero attached hydrogens (tertiary/aromatic N) is 1. The molecule has 0 bridgehead atoms. The van der Waals surface area contributed by atoms with Gasteiger partial charge in [-0.1, -0.05) is 24.3 Å². The molecule has 2 aromatic rings. The Morgan fingerprint density at radius 3 is 2.79 bits per heavy atom. The summed E-state index contributed by atoms with van der Waals surface area (Å²) < 4.78 is 5.41. The lowest BCUT2D eigenvalue weighted by Crippen LogP contribution is -2.42. The average Bonchev–Trinajstić information content (AvgIpc) is 2.72. The molecule has 7 heteroatoms. The van der Waals surface area contributed by atoms with Gasteiger partial charge in [0.25, 0.3) is 5.91 Å². The van der Waals surface area contributed by atoms with Gasteiger partial charge in [0.05, 0.1) is 17.0 Å². The Bertz CT molecular complexity index is 959. The number of hydrogen-bond donors (Lipinski definition) is 1. The predicted molar refractivity (Wildman–Crippen MR) is 106 cm³/mol. The van der Waals surface area contributed by atoms with Gasteiger partial charge in [-0.3, -0.25) is 9.59 Å². The van der Waals surface area contributed by atoms with Crippen LogP contribution in [0.5, 0.6) is 0 Å². The van der Waals surface area contributed by atoms with Crippen LogP contribution in [0.15, 0.2) is 47.4 Å². The minimum Gasteiger partial charge on any atom is -0.449 e. The zero-order chi connectivity index (χ0) is 19.7. The summed E-state index contributed by atoms with van der Waals surface area (Å²) in [7, 11) is 0. The summed E-state index contributed by atoms with van der Waals surface area (Å²) in [5, 5.41) is 2.75. The maximum Gasteiger partial charge on any atom is 0.338 e. The van der Waals surface area contributed by atoms with Gasteiger partial charge in [-0.05, 0) is 42.7 Å². The molecule has 1 atom stereocenters. The van der Waals surface area contributed by atoms with Gasteiger partial charge < -0.3 is 15.0 Å². The topological polar surface area (TPSA) is 75.7 Å². The Hall–Kier alpha value is -2.80. The van der Waals surface area contributed by atoms with Crippen LogP contribution in [0.3, 0.4) is 0 Å². The number of benzene rings is 2. The lowest BCUT2D eigenvalue weighted by Gasteiger charge is -2.30. The molecule has 6 nitrogen and oxygen atoms in total. The van der Waals surface area contributed by atoms with E-state index in [0.29, 0.717) is 30.1 Å². The van der Waals surface area contributed by atoms with E-state index < -0.39 is 12.1 Å². The van der Waals surface area contributed by atoms with Crippen LogP contribution in [0, 0.1) is 0 Å². The molecule has 28 heavy (non-hydrogen) atoms. The molecule has 0 fully saturated rings. The van der Waals surface area contributed by atoms with E-state index in [1.807, 2.05) is 18.2 Å². The zero-order valence-corrected chi connectivity index (χ0v) is 16.3. The van der Waals surface area contributed by atoms with E-state index >= 15 is 0 Å². The SMILES string of the molecule is C[C@@H](OC(=O)c1ccc2c(c1)NC(=O)CS2)C(=O)N1CCc2ccccc2C1. The number of anilines is 1. The highest BCUT2D eigenvalue weighted by molar-refractivity contribution is 8.00.